The Morgan fingerprint density at radius 2 is 1.83 bits per heavy atom. The van der Waals surface area contributed by atoms with Crippen LogP contribution in [0.4, 0.5) is 0 Å². The molecule has 0 aromatic heterocycles. The molecular formula is C17H24ClN3O2. The molecule has 5 nitrogen and oxygen atoms in total. The van der Waals surface area contributed by atoms with Crippen molar-refractivity contribution in [3.8, 4) is 0 Å². The van der Waals surface area contributed by atoms with Gasteiger partial charge in [-0.2, -0.15) is 0 Å². The standard InChI is InChI=1S/C17H23N3O2.ClH/c21-16(20-8-4-1-5-9-20)12-19-17(22)15-10-13-6-2-3-7-14(13)11-18-15;/h2-3,6-7,15,18H,1,4-5,8-12H2,(H,19,22);1H. The highest BCUT2D eigenvalue weighted by atomic mass is 35.5. The van der Waals surface area contributed by atoms with Gasteiger partial charge >= 0.3 is 0 Å². The van der Waals surface area contributed by atoms with E-state index in [2.05, 4.69) is 22.8 Å². The summed E-state index contributed by atoms with van der Waals surface area (Å²) in [6.07, 6.45) is 4.02. The van der Waals surface area contributed by atoms with Gasteiger partial charge in [0.1, 0.15) is 0 Å². The summed E-state index contributed by atoms with van der Waals surface area (Å²) in [6, 6.07) is 7.91. The number of nitrogens with zero attached hydrogens (tertiary/aromatic N) is 1. The van der Waals surface area contributed by atoms with Gasteiger partial charge in [0.2, 0.25) is 11.8 Å². The zero-order valence-corrected chi connectivity index (χ0v) is 14.0. The number of amides is 2. The zero-order chi connectivity index (χ0) is 15.4. The molecule has 2 amide bonds. The lowest BCUT2D eigenvalue weighted by molar-refractivity contribution is -0.134. The number of hydrogen-bond acceptors (Lipinski definition) is 3. The minimum atomic E-state index is -0.246. The Kier molecular flexibility index (Phi) is 6.42. The second-order valence-electron chi connectivity index (χ2n) is 6.07. The van der Waals surface area contributed by atoms with E-state index < -0.39 is 0 Å². The van der Waals surface area contributed by atoms with Gasteiger partial charge in [-0.3, -0.25) is 9.59 Å². The molecule has 0 aliphatic carbocycles. The second-order valence-corrected chi connectivity index (χ2v) is 6.07. The molecule has 1 atom stereocenters. The summed E-state index contributed by atoms with van der Waals surface area (Å²) >= 11 is 0. The van der Waals surface area contributed by atoms with Crippen LogP contribution in [0.25, 0.3) is 0 Å². The molecule has 23 heavy (non-hydrogen) atoms. The molecule has 3 rings (SSSR count). The SMILES string of the molecule is Cl.O=C(NCC(=O)N1CCCCC1)C1Cc2ccccc2CN1. The normalized spacial score (nSPS) is 20.2. The van der Waals surface area contributed by atoms with Crippen molar-refractivity contribution >= 4 is 24.2 Å². The van der Waals surface area contributed by atoms with E-state index in [1.165, 1.54) is 17.5 Å². The number of carbonyl (C=O) groups is 2. The topological polar surface area (TPSA) is 61.4 Å². The third-order valence-electron chi connectivity index (χ3n) is 4.52. The third-order valence-corrected chi connectivity index (χ3v) is 4.52. The van der Waals surface area contributed by atoms with E-state index in [0.717, 1.165) is 25.9 Å². The van der Waals surface area contributed by atoms with Crippen molar-refractivity contribution in [2.24, 2.45) is 0 Å². The van der Waals surface area contributed by atoms with E-state index in [-0.39, 0.29) is 36.8 Å². The van der Waals surface area contributed by atoms with Crippen LogP contribution >= 0.6 is 12.4 Å². The molecule has 1 fully saturated rings. The smallest absolute Gasteiger partial charge is 0.241 e. The van der Waals surface area contributed by atoms with Crippen molar-refractivity contribution in [1.82, 2.24) is 15.5 Å². The summed E-state index contributed by atoms with van der Waals surface area (Å²) in [5.74, 6) is -0.0517. The van der Waals surface area contributed by atoms with E-state index >= 15 is 0 Å². The highest BCUT2D eigenvalue weighted by Crippen LogP contribution is 2.16. The van der Waals surface area contributed by atoms with Crippen LogP contribution in [0.3, 0.4) is 0 Å². The summed E-state index contributed by atoms with van der Waals surface area (Å²) in [4.78, 5) is 26.2. The minimum absolute atomic E-state index is 0. The molecular weight excluding hydrogens is 314 g/mol. The fraction of sp³-hybridized carbons (Fsp3) is 0.529. The van der Waals surface area contributed by atoms with Crippen LogP contribution in [-0.4, -0.2) is 42.4 Å². The maximum absolute atomic E-state index is 12.3. The Labute approximate surface area is 143 Å². The van der Waals surface area contributed by atoms with Crippen LogP contribution in [0.1, 0.15) is 30.4 Å². The van der Waals surface area contributed by atoms with Crippen LogP contribution in [0.2, 0.25) is 0 Å². The molecule has 1 aromatic rings. The maximum atomic E-state index is 12.3. The van der Waals surface area contributed by atoms with Crippen molar-refractivity contribution < 1.29 is 9.59 Å². The first kappa shape index (κ1) is 17.8. The Hall–Kier alpha value is -1.59. The van der Waals surface area contributed by atoms with Gasteiger partial charge in [0.05, 0.1) is 12.6 Å². The average Bonchev–Trinajstić information content (AvgIpc) is 2.59. The van der Waals surface area contributed by atoms with E-state index in [4.69, 9.17) is 0 Å². The number of benzene rings is 1. The van der Waals surface area contributed by atoms with Crippen LogP contribution in [0.5, 0.6) is 0 Å². The highest BCUT2D eigenvalue weighted by molar-refractivity contribution is 5.87. The molecule has 0 saturated carbocycles. The van der Waals surface area contributed by atoms with E-state index in [0.29, 0.717) is 13.0 Å². The molecule has 0 bridgehead atoms. The van der Waals surface area contributed by atoms with Crippen molar-refractivity contribution in [2.75, 3.05) is 19.6 Å². The van der Waals surface area contributed by atoms with E-state index in [1.54, 1.807) is 0 Å². The zero-order valence-electron chi connectivity index (χ0n) is 13.2. The van der Waals surface area contributed by atoms with Gasteiger partial charge in [-0.15, -0.1) is 12.4 Å². The van der Waals surface area contributed by atoms with Crippen LogP contribution in [0, 0.1) is 0 Å². The number of carbonyl (C=O) groups excluding carboxylic acids is 2. The van der Waals surface area contributed by atoms with Crippen molar-refractivity contribution in [3.05, 3.63) is 35.4 Å². The summed E-state index contributed by atoms with van der Waals surface area (Å²) in [7, 11) is 0. The fourth-order valence-electron chi connectivity index (χ4n) is 3.18. The fourth-order valence-corrected chi connectivity index (χ4v) is 3.18. The Morgan fingerprint density at radius 1 is 1.13 bits per heavy atom. The molecule has 2 aliphatic rings. The van der Waals surface area contributed by atoms with E-state index in [9.17, 15) is 9.59 Å². The van der Waals surface area contributed by atoms with Gasteiger partial charge in [-0.25, -0.2) is 0 Å². The first-order chi connectivity index (χ1) is 10.7. The van der Waals surface area contributed by atoms with Crippen LogP contribution in [-0.2, 0) is 22.6 Å². The summed E-state index contributed by atoms with van der Waals surface area (Å²) in [5.41, 5.74) is 2.46. The molecule has 1 aromatic carbocycles. The summed E-state index contributed by atoms with van der Waals surface area (Å²) < 4.78 is 0. The number of hydrogen-bond donors (Lipinski definition) is 2. The number of fused-ring (bicyclic) bond motifs is 1. The predicted molar refractivity (Wildman–Crippen MR) is 91.5 cm³/mol. The lowest BCUT2D eigenvalue weighted by Crippen LogP contribution is -2.50. The lowest BCUT2D eigenvalue weighted by Gasteiger charge is -2.28. The van der Waals surface area contributed by atoms with Gasteiger partial charge in [0.25, 0.3) is 0 Å². The second kappa shape index (κ2) is 8.31. The molecule has 1 saturated heterocycles. The van der Waals surface area contributed by atoms with Crippen molar-refractivity contribution in [3.63, 3.8) is 0 Å². The van der Waals surface area contributed by atoms with Gasteiger partial charge in [0, 0.05) is 19.6 Å². The largest absolute Gasteiger partial charge is 0.346 e. The number of piperidine rings is 1. The number of rotatable bonds is 3. The highest BCUT2D eigenvalue weighted by Gasteiger charge is 2.25. The number of halogens is 1. The number of nitrogens with one attached hydrogen (secondary N) is 2. The lowest BCUT2D eigenvalue weighted by atomic mass is 9.95. The third kappa shape index (κ3) is 4.45. The molecule has 126 valence electrons. The Balaban J connectivity index is 0.00000192. The van der Waals surface area contributed by atoms with Crippen LogP contribution in [0.15, 0.2) is 24.3 Å². The first-order valence-corrected chi connectivity index (χ1v) is 8.10. The quantitative estimate of drug-likeness (QED) is 0.872. The van der Waals surface area contributed by atoms with Crippen molar-refractivity contribution in [2.45, 2.75) is 38.3 Å². The molecule has 2 aliphatic heterocycles. The molecule has 6 heteroatoms. The molecule has 2 N–H and O–H groups in total. The van der Waals surface area contributed by atoms with Crippen molar-refractivity contribution in [1.29, 1.82) is 0 Å². The maximum Gasteiger partial charge on any atom is 0.241 e. The Morgan fingerprint density at radius 3 is 2.57 bits per heavy atom. The molecule has 0 spiro atoms. The average molecular weight is 338 g/mol. The monoisotopic (exact) mass is 337 g/mol. The predicted octanol–water partition coefficient (Wildman–Crippen LogP) is 1.25. The molecule has 0 radical (unpaired) electrons. The van der Waals surface area contributed by atoms with Gasteiger partial charge in [0.15, 0.2) is 0 Å². The molecule has 1 unspecified atom stereocenters. The minimum Gasteiger partial charge on any atom is -0.346 e. The van der Waals surface area contributed by atoms with Gasteiger partial charge in [-0.1, -0.05) is 24.3 Å². The van der Waals surface area contributed by atoms with Gasteiger partial charge in [-0.05, 0) is 36.8 Å². The Bertz CT molecular complexity index is 559. The molecule has 2 heterocycles. The summed E-state index contributed by atoms with van der Waals surface area (Å²) in [5, 5.41) is 6.03. The number of likely N-dealkylation sites (tertiary alicyclic amines) is 1. The van der Waals surface area contributed by atoms with Crippen LogP contribution < -0.4 is 10.6 Å². The van der Waals surface area contributed by atoms with Gasteiger partial charge < -0.3 is 15.5 Å². The summed E-state index contributed by atoms with van der Waals surface area (Å²) in [6.45, 7) is 2.46. The first-order valence-electron chi connectivity index (χ1n) is 8.10. The van der Waals surface area contributed by atoms with E-state index in [1.807, 2.05) is 17.0 Å².